The number of aryl methyl sites for hydroxylation is 1. The van der Waals surface area contributed by atoms with Crippen LogP contribution in [0.3, 0.4) is 0 Å². The van der Waals surface area contributed by atoms with E-state index in [2.05, 4.69) is 35.3 Å². The lowest BCUT2D eigenvalue weighted by Gasteiger charge is -2.36. The molecule has 1 unspecified atom stereocenters. The Morgan fingerprint density at radius 2 is 2.16 bits per heavy atom. The second-order valence-electron chi connectivity index (χ2n) is 5.66. The van der Waals surface area contributed by atoms with Crippen molar-refractivity contribution in [3.8, 4) is 0 Å². The Bertz CT molecular complexity index is 626. The van der Waals surface area contributed by atoms with Crippen molar-refractivity contribution < 1.29 is 4.74 Å². The first kappa shape index (κ1) is 12.4. The minimum Gasteiger partial charge on any atom is -0.383 e. The van der Waals surface area contributed by atoms with Gasteiger partial charge in [-0.05, 0) is 39.2 Å². The van der Waals surface area contributed by atoms with Crippen molar-refractivity contribution in [1.82, 2.24) is 14.5 Å². The summed E-state index contributed by atoms with van der Waals surface area (Å²) in [4.78, 5) is 8.57. The number of nitrogens with zero attached hydrogens (tertiary/aromatic N) is 3. The van der Waals surface area contributed by atoms with Gasteiger partial charge in [0.25, 0.3) is 0 Å². The van der Waals surface area contributed by atoms with Crippen molar-refractivity contribution in [1.29, 1.82) is 0 Å². The van der Waals surface area contributed by atoms with Gasteiger partial charge in [-0.2, -0.15) is 0 Å². The predicted octanol–water partition coefficient (Wildman–Crippen LogP) is 2.16. The van der Waals surface area contributed by atoms with E-state index in [1.54, 1.807) is 6.33 Å². The van der Waals surface area contributed by atoms with Crippen molar-refractivity contribution in [3.05, 3.63) is 17.6 Å². The molecule has 1 aliphatic rings. The lowest BCUT2D eigenvalue weighted by molar-refractivity contribution is 0.0105. The Hall–Kier alpha value is -1.62. The molecule has 3 rings (SSSR count). The van der Waals surface area contributed by atoms with Gasteiger partial charge in [0.05, 0.1) is 17.5 Å². The number of fused-ring (bicyclic) bond motifs is 1. The molecular weight excluding hydrogens is 240 g/mol. The maximum absolute atomic E-state index is 6.02. The van der Waals surface area contributed by atoms with Crippen LogP contribution in [-0.4, -0.2) is 27.7 Å². The number of ether oxygens (including phenoxy) is 1. The molecular formula is C14H20N4O. The summed E-state index contributed by atoms with van der Waals surface area (Å²) in [5.41, 5.74) is 9.27. The van der Waals surface area contributed by atoms with E-state index in [0.717, 1.165) is 37.1 Å². The zero-order chi connectivity index (χ0) is 13.6. The van der Waals surface area contributed by atoms with E-state index in [1.165, 1.54) is 11.3 Å². The second kappa shape index (κ2) is 4.20. The molecule has 5 nitrogen and oxygen atoms in total. The molecule has 2 N–H and O–H groups in total. The van der Waals surface area contributed by atoms with Gasteiger partial charge in [0, 0.05) is 12.3 Å². The average molecular weight is 260 g/mol. The number of nitrogen functional groups attached to an aromatic ring is 1. The van der Waals surface area contributed by atoms with E-state index in [9.17, 15) is 0 Å². The summed E-state index contributed by atoms with van der Waals surface area (Å²) >= 11 is 0. The van der Waals surface area contributed by atoms with Crippen LogP contribution in [0, 0.1) is 13.8 Å². The topological polar surface area (TPSA) is 66.0 Å². The molecule has 0 saturated carbocycles. The van der Waals surface area contributed by atoms with Crippen LogP contribution < -0.4 is 5.73 Å². The van der Waals surface area contributed by atoms with Crippen LogP contribution in [0.15, 0.2) is 6.33 Å². The van der Waals surface area contributed by atoms with E-state index in [-0.39, 0.29) is 5.54 Å². The van der Waals surface area contributed by atoms with E-state index < -0.39 is 0 Å². The number of hydrogen-bond acceptors (Lipinski definition) is 4. The zero-order valence-corrected chi connectivity index (χ0v) is 11.7. The minimum absolute atomic E-state index is 0.0460. The Kier molecular flexibility index (Phi) is 2.74. The molecule has 0 spiro atoms. The number of anilines is 1. The largest absolute Gasteiger partial charge is 0.383 e. The predicted molar refractivity (Wildman–Crippen MR) is 75.1 cm³/mol. The lowest BCUT2D eigenvalue weighted by atomic mass is 9.94. The fraction of sp³-hybridized carbons (Fsp3) is 0.571. The first-order valence-corrected chi connectivity index (χ1v) is 6.71. The van der Waals surface area contributed by atoms with Crippen molar-refractivity contribution >= 4 is 16.9 Å². The molecule has 0 bridgehead atoms. The third-order valence-electron chi connectivity index (χ3n) is 4.28. The second-order valence-corrected chi connectivity index (χ2v) is 5.66. The van der Waals surface area contributed by atoms with E-state index in [0.29, 0.717) is 5.82 Å². The SMILES string of the molecule is Cc1c(C)n(C2(C)CCCOC2)c2ncnc(N)c12. The first-order valence-electron chi connectivity index (χ1n) is 6.71. The molecule has 3 heterocycles. The molecule has 1 saturated heterocycles. The van der Waals surface area contributed by atoms with E-state index >= 15 is 0 Å². The first-order chi connectivity index (χ1) is 9.04. The quantitative estimate of drug-likeness (QED) is 0.853. The summed E-state index contributed by atoms with van der Waals surface area (Å²) in [7, 11) is 0. The van der Waals surface area contributed by atoms with E-state index in [1.807, 2.05) is 0 Å². The third kappa shape index (κ3) is 1.72. The van der Waals surface area contributed by atoms with Crippen LogP contribution in [0.25, 0.3) is 11.0 Å². The summed E-state index contributed by atoms with van der Waals surface area (Å²) < 4.78 is 7.97. The Morgan fingerprint density at radius 3 is 2.84 bits per heavy atom. The highest BCUT2D eigenvalue weighted by atomic mass is 16.5. The summed E-state index contributed by atoms with van der Waals surface area (Å²) in [5.74, 6) is 0.560. The summed E-state index contributed by atoms with van der Waals surface area (Å²) in [6, 6.07) is 0. The highest BCUT2D eigenvalue weighted by Gasteiger charge is 2.33. The molecule has 2 aromatic rings. The minimum atomic E-state index is -0.0460. The average Bonchev–Trinajstić information content (AvgIpc) is 2.64. The Labute approximate surface area is 112 Å². The highest BCUT2D eigenvalue weighted by molar-refractivity contribution is 5.91. The number of hydrogen-bond donors (Lipinski definition) is 1. The molecule has 0 amide bonds. The summed E-state index contributed by atoms with van der Waals surface area (Å²) in [6.07, 6.45) is 3.72. The van der Waals surface area contributed by atoms with Crippen molar-refractivity contribution in [3.63, 3.8) is 0 Å². The van der Waals surface area contributed by atoms with Crippen LogP contribution in [0.1, 0.15) is 31.0 Å². The van der Waals surface area contributed by atoms with Gasteiger partial charge in [-0.3, -0.25) is 0 Å². The maximum atomic E-state index is 6.02. The van der Waals surface area contributed by atoms with Gasteiger partial charge in [-0.1, -0.05) is 0 Å². The van der Waals surface area contributed by atoms with Gasteiger partial charge in [-0.15, -0.1) is 0 Å². The highest BCUT2D eigenvalue weighted by Crippen LogP contribution is 2.36. The van der Waals surface area contributed by atoms with Gasteiger partial charge in [0.2, 0.25) is 0 Å². The summed E-state index contributed by atoms with van der Waals surface area (Å²) in [6.45, 7) is 8.01. The zero-order valence-electron chi connectivity index (χ0n) is 11.7. The Balaban J connectivity index is 2.29. The standard InChI is InChI=1S/C14H20N4O/c1-9-10(2)18(14(3)5-4-6-19-7-14)13-11(9)12(15)16-8-17-13/h8H,4-7H2,1-3H3,(H2,15,16,17). The molecule has 2 aromatic heterocycles. The van der Waals surface area contributed by atoms with Gasteiger partial charge in [-0.25, -0.2) is 9.97 Å². The fourth-order valence-electron chi connectivity index (χ4n) is 3.18. The van der Waals surface area contributed by atoms with Gasteiger partial charge in [0.15, 0.2) is 0 Å². The van der Waals surface area contributed by atoms with Crippen LogP contribution in [0.4, 0.5) is 5.82 Å². The van der Waals surface area contributed by atoms with Gasteiger partial charge < -0.3 is 15.0 Å². The molecule has 19 heavy (non-hydrogen) atoms. The smallest absolute Gasteiger partial charge is 0.146 e. The monoisotopic (exact) mass is 260 g/mol. The molecule has 102 valence electrons. The van der Waals surface area contributed by atoms with Crippen LogP contribution >= 0.6 is 0 Å². The third-order valence-corrected chi connectivity index (χ3v) is 4.28. The molecule has 0 aliphatic carbocycles. The van der Waals surface area contributed by atoms with Gasteiger partial charge >= 0.3 is 0 Å². The number of aromatic nitrogens is 3. The maximum Gasteiger partial charge on any atom is 0.146 e. The number of nitrogens with two attached hydrogens (primary N) is 1. The van der Waals surface area contributed by atoms with E-state index in [4.69, 9.17) is 10.5 Å². The van der Waals surface area contributed by atoms with Crippen molar-refractivity contribution in [2.24, 2.45) is 0 Å². The van der Waals surface area contributed by atoms with Crippen molar-refractivity contribution in [2.75, 3.05) is 18.9 Å². The Morgan fingerprint density at radius 1 is 1.37 bits per heavy atom. The van der Waals surface area contributed by atoms with Crippen LogP contribution in [0.5, 0.6) is 0 Å². The lowest BCUT2D eigenvalue weighted by Crippen LogP contribution is -2.39. The van der Waals surface area contributed by atoms with Crippen LogP contribution in [-0.2, 0) is 10.3 Å². The van der Waals surface area contributed by atoms with Gasteiger partial charge in [0.1, 0.15) is 17.8 Å². The van der Waals surface area contributed by atoms with Crippen LogP contribution in [0.2, 0.25) is 0 Å². The molecule has 1 fully saturated rings. The number of rotatable bonds is 1. The molecule has 5 heteroatoms. The molecule has 1 atom stereocenters. The fourth-order valence-corrected chi connectivity index (χ4v) is 3.18. The molecule has 0 aromatic carbocycles. The summed E-state index contributed by atoms with van der Waals surface area (Å²) in [5, 5.41) is 0.979. The van der Waals surface area contributed by atoms with Crippen molar-refractivity contribution in [2.45, 2.75) is 39.2 Å². The normalized spacial score (nSPS) is 23.9. The molecule has 0 radical (unpaired) electrons. The molecule has 1 aliphatic heterocycles.